The molecule has 0 aliphatic heterocycles. The highest BCUT2D eigenvalue weighted by Crippen LogP contribution is 2.23. The quantitative estimate of drug-likeness (QED) is 0.796. The summed E-state index contributed by atoms with van der Waals surface area (Å²) in [7, 11) is 1.80. The SMILES string of the molecule is CNc1nc(Cl)nc2ncn(C(C)C)c12. The molecule has 80 valence electrons. The van der Waals surface area contributed by atoms with Crippen molar-refractivity contribution in [3.63, 3.8) is 0 Å². The first-order chi connectivity index (χ1) is 7.13. The highest BCUT2D eigenvalue weighted by atomic mass is 35.5. The van der Waals surface area contributed by atoms with Crippen LogP contribution < -0.4 is 5.32 Å². The molecule has 0 amide bonds. The van der Waals surface area contributed by atoms with E-state index in [2.05, 4.69) is 34.1 Å². The van der Waals surface area contributed by atoms with E-state index < -0.39 is 0 Å². The number of halogens is 1. The van der Waals surface area contributed by atoms with Gasteiger partial charge in [0.05, 0.1) is 6.33 Å². The monoisotopic (exact) mass is 225 g/mol. The second-order valence-electron chi connectivity index (χ2n) is 3.51. The number of hydrogen-bond acceptors (Lipinski definition) is 4. The van der Waals surface area contributed by atoms with Gasteiger partial charge in [-0.3, -0.25) is 0 Å². The van der Waals surface area contributed by atoms with Crippen LogP contribution in [0.2, 0.25) is 5.28 Å². The Balaban J connectivity index is 2.77. The van der Waals surface area contributed by atoms with Crippen molar-refractivity contribution in [2.45, 2.75) is 19.9 Å². The van der Waals surface area contributed by atoms with E-state index in [-0.39, 0.29) is 5.28 Å². The van der Waals surface area contributed by atoms with Crippen molar-refractivity contribution in [3.05, 3.63) is 11.6 Å². The second-order valence-corrected chi connectivity index (χ2v) is 3.85. The van der Waals surface area contributed by atoms with Crippen LogP contribution in [-0.4, -0.2) is 26.6 Å². The normalized spacial score (nSPS) is 11.3. The standard InChI is InChI=1S/C9H12ClN5/c1-5(2)15-4-12-8-6(15)7(11-3)13-9(10)14-8/h4-5H,1-3H3,(H,11,13,14). The van der Waals surface area contributed by atoms with Crippen LogP contribution in [-0.2, 0) is 0 Å². The summed E-state index contributed by atoms with van der Waals surface area (Å²) in [5, 5.41) is 3.20. The molecule has 0 spiro atoms. The minimum atomic E-state index is 0.209. The first-order valence-electron chi connectivity index (χ1n) is 4.71. The summed E-state index contributed by atoms with van der Waals surface area (Å²) in [4.78, 5) is 12.4. The number of hydrogen-bond donors (Lipinski definition) is 1. The number of anilines is 1. The summed E-state index contributed by atoms with van der Waals surface area (Å²) in [5.74, 6) is 0.705. The molecule has 2 aromatic rings. The van der Waals surface area contributed by atoms with E-state index in [1.807, 2.05) is 4.57 Å². The summed E-state index contributed by atoms with van der Waals surface area (Å²) in [5.41, 5.74) is 1.50. The molecule has 2 heterocycles. The van der Waals surface area contributed by atoms with Gasteiger partial charge in [0, 0.05) is 13.1 Å². The molecule has 0 aromatic carbocycles. The van der Waals surface area contributed by atoms with Crippen LogP contribution in [0.1, 0.15) is 19.9 Å². The molecule has 1 N–H and O–H groups in total. The molecule has 0 saturated heterocycles. The van der Waals surface area contributed by atoms with Crippen LogP contribution in [0.4, 0.5) is 5.82 Å². The van der Waals surface area contributed by atoms with E-state index in [0.717, 1.165) is 5.52 Å². The van der Waals surface area contributed by atoms with Crippen LogP contribution >= 0.6 is 11.6 Å². The summed E-state index contributed by atoms with van der Waals surface area (Å²) >= 11 is 5.78. The van der Waals surface area contributed by atoms with Crippen molar-refractivity contribution < 1.29 is 0 Å². The Morgan fingerprint density at radius 1 is 1.40 bits per heavy atom. The first kappa shape index (κ1) is 10.2. The summed E-state index contributed by atoms with van der Waals surface area (Å²) in [6.45, 7) is 4.16. The number of nitrogens with zero attached hydrogens (tertiary/aromatic N) is 4. The number of imidazole rings is 1. The Kier molecular flexibility index (Phi) is 2.48. The van der Waals surface area contributed by atoms with Gasteiger partial charge in [0.2, 0.25) is 5.28 Å². The number of rotatable bonds is 2. The van der Waals surface area contributed by atoms with E-state index in [4.69, 9.17) is 11.6 Å². The Morgan fingerprint density at radius 2 is 2.13 bits per heavy atom. The molecule has 2 rings (SSSR count). The van der Waals surface area contributed by atoms with Crippen molar-refractivity contribution in [1.82, 2.24) is 19.5 Å². The lowest BCUT2D eigenvalue weighted by molar-refractivity contribution is 0.617. The van der Waals surface area contributed by atoms with Crippen molar-refractivity contribution in [3.8, 4) is 0 Å². The maximum atomic E-state index is 5.78. The number of nitrogens with one attached hydrogen (secondary N) is 1. The third-order valence-corrected chi connectivity index (χ3v) is 2.36. The van der Waals surface area contributed by atoms with Crippen LogP contribution in [0, 0.1) is 0 Å². The van der Waals surface area contributed by atoms with Gasteiger partial charge in [-0.05, 0) is 25.4 Å². The van der Waals surface area contributed by atoms with Gasteiger partial charge in [0.25, 0.3) is 0 Å². The molecule has 0 atom stereocenters. The van der Waals surface area contributed by atoms with Crippen molar-refractivity contribution >= 4 is 28.6 Å². The number of aromatic nitrogens is 4. The minimum Gasteiger partial charge on any atom is -0.371 e. The van der Waals surface area contributed by atoms with Crippen molar-refractivity contribution in [1.29, 1.82) is 0 Å². The van der Waals surface area contributed by atoms with Gasteiger partial charge in [-0.25, -0.2) is 4.98 Å². The Morgan fingerprint density at radius 3 is 2.73 bits per heavy atom. The summed E-state index contributed by atoms with van der Waals surface area (Å²) < 4.78 is 2.01. The minimum absolute atomic E-state index is 0.209. The van der Waals surface area contributed by atoms with E-state index in [1.165, 1.54) is 0 Å². The Labute approximate surface area is 92.5 Å². The average Bonchev–Trinajstić information content (AvgIpc) is 2.59. The van der Waals surface area contributed by atoms with E-state index in [0.29, 0.717) is 17.5 Å². The fourth-order valence-corrected chi connectivity index (χ4v) is 1.65. The molecule has 0 unspecified atom stereocenters. The molecule has 0 radical (unpaired) electrons. The molecule has 5 nitrogen and oxygen atoms in total. The molecular formula is C9H12ClN5. The van der Waals surface area contributed by atoms with E-state index >= 15 is 0 Å². The molecule has 6 heteroatoms. The third kappa shape index (κ3) is 1.63. The van der Waals surface area contributed by atoms with Crippen molar-refractivity contribution in [2.75, 3.05) is 12.4 Å². The van der Waals surface area contributed by atoms with Gasteiger partial charge in [0.15, 0.2) is 11.5 Å². The zero-order valence-corrected chi connectivity index (χ0v) is 9.58. The molecule has 0 aliphatic carbocycles. The van der Waals surface area contributed by atoms with Gasteiger partial charge in [-0.2, -0.15) is 9.97 Å². The van der Waals surface area contributed by atoms with Crippen LogP contribution in [0.5, 0.6) is 0 Å². The van der Waals surface area contributed by atoms with Crippen molar-refractivity contribution in [2.24, 2.45) is 0 Å². The highest BCUT2D eigenvalue weighted by Gasteiger charge is 2.13. The zero-order valence-electron chi connectivity index (χ0n) is 8.82. The fraction of sp³-hybridized carbons (Fsp3) is 0.444. The lowest BCUT2D eigenvalue weighted by Gasteiger charge is -2.10. The van der Waals surface area contributed by atoms with Gasteiger partial charge >= 0.3 is 0 Å². The first-order valence-corrected chi connectivity index (χ1v) is 5.09. The highest BCUT2D eigenvalue weighted by molar-refractivity contribution is 6.28. The second kappa shape index (κ2) is 3.66. The van der Waals surface area contributed by atoms with Crippen LogP contribution in [0.25, 0.3) is 11.2 Å². The Hall–Kier alpha value is -1.36. The molecule has 0 aliphatic rings. The Bertz CT molecular complexity index is 490. The lowest BCUT2D eigenvalue weighted by atomic mass is 10.3. The predicted molar refractivity (Wildman–Crippen MR) is 60.3 cm³/mol. The lowest BCUT2D eigenvalue weighted by Crippen LogP contribution is -2.03. The molecule has 0 bridgehead atoms. The molecular weight excluding hydrogens is 214 g/mol. The maximum absolute atomic E-state index is 5.78. The number of fused-ring (bicyclic) bond motifs is 1. The van der Waals surface area contributed by atoms with E-state index in [1.54, 1.807) is 13.4 Å². The topological polar surface area (TPSA) is 55.6 Å². The van der Waals surface area contributed by atoms with Crippen LogP contribution in [0.15, 0.2) is 6.33 Å². The van der Waals surface area contributed by atoms with Gasteiger partial charge < -0.3 is 9.88 Å². The van der Waals surface area contributed by atoms with Gasteiger partial charge in [-0.1, -0.05) is 0 Å². The third-order valence-electron chi connectivity index (χ3n) is 2.19. The molecule has 15 heavy (non-hydrogen) atoms. The largest absolute Gasteiger partial charge is 0.371 e. The molecule has 0 saturated carbocycles. The predicted octanol–water partition coefficient (Wildman–Crippen LogP) is 2.10. The summed E-state index contributed by atoms with van der Waals surface area (Å²) in [6.07, 6.45) is 1.75. The van der Waals surface area contributed by atoms with Crippen LogP contribution in [0.3, 0.4) is 0 Å². The average molecular weight is 226 g/mol. The smallest absolute Gasteiger partial charge is 0.226 e. The molecule has 0 fully saturated rings. The van der Waals surface area contributed by atoms with Gasteiger partial charge in [-0.15, -0.1) is 0 Å². The van der Waals surface area contributed by atoms with Gasteiger partial charge in [0.1, 0.15) is 5.52 Å². The zero-order chi connectivity index (χ0) is 11.0. The molecule has 2 aromatic heterocycles. The van der Waals surface area contributed by atoms with E-state index in [9.17, 15) is 0 Å². The fourth-order valence-electron chi connectivity index (χ4n) is 1.48. The maximum Gasteiger partial charge on any atom is 0.226 e. The summed E-state index contributed by atoms with van der Waals surface area (Å²) in [6, 6.07) is 0.312.